The van der Waals surface area contributed by atoms with Gasteiger partial charge in [0.05, 0.1) is 6.10 Å². The first-order valence-corrected chi connectivity index (χ1v) is 7.41. The van der Waals surface area contributed by atoms with Crippen LogP contribution in [0, 0.1) is 0 Å². The van der Waals surface area contributed by atoms with Crippen molar-refractivity contribution in [1.29, 1.82) is 0 Å². The summed E-state index contributed by atoms with van der Waals surface area (Å²) in [4.78, 5) is 0. The van der Waals surface area contributed by atoms with Crippen LogP contribution in [0.15, 0.2) is 12.4 Å². The molecule has 0 spiro atoms. The number of aromatic nitrogens is 1. The lowest BCUT2D eigenvalue weighted by atomic mass is 9.93. The number of hydrogen-bond acceptors (Lipinski definition) is 2. The van der Waals surface area contributed by atoms with Gasteiger partial charge in [0.15, 0.2) is 0 Å². The molecule has 0 aliphatic heterocycles. The maximum Gasteiger partial charge on any atom is 0.0807 e. The van der Waals surface area contributed by atoms with Crippen LogP contribution in [-0.2, 0) is 13.0 Å². The number of nitrogens with zero attached hydrogens (tertiary/aromatic N) is 1. The molecule has 1 aromatic rings. The summed E-state index contributed by atoms with van der Waals surface area (Å²) in [6.07, 6.45) is 8.59. The summed E-state index contributed by atoms with van der Waals surface area (Å²) < 4.78 is 2.26. The fraction of sp³-hybridized carbons (Fsp3) is 0.692. The Balaban J connectivity index is 1.91. The van der Waals surface area contributed by atoms with E-state index in [0.29, 0.717) is 0 Å². The average Bonchev–Trinajstić information content (AvgIpc) is 2.69. The zero-order valence-corrected chi connectivity index (χ0v) is 10.8. The number of aryl methyl sites for hydroxylation is 2. The zero-order valence-electron chi connectivity index (χ0n) is 9.98. The van der Waals surface area contributed by atoms with Crippen molar-refractivity contribution >= 4 is 11.8 Å². The van der Waals surface area contributed by atoms with Gasteiger partial charge in [0.25, 0.3) is 0 Å². The molecule has 1 heterocycles. The van der Waals surface area contributed by atoms with Crippen molar-refractivity contribution in [2.75, 3.05) is 11.5 Å². The first-order chi connectivity index (χ1) is 7.81. The maximum atomic E-state index is 9.87. The van der Waals surface area contributed by atoms with Crippen LogP contribution in [0.5, 0.6) is 0 Å². The molecule has 0 aromatic carbocycles. The molecule has 2 nitrogen and oxygen atoms in total. The second kappa shape index (κ2) is 5.78. The highest BCUT2D eigenvalue weighted by molar-refractivity contribution is 7.99. The van der Waals surface area contributed by atoms with Gasteiger partial charge >= 0.3 is 0 Å². The van der Waals surface area contributed by atoms with E-state index in [9.17, 15) is 5.11 Å². The minimum absolute atomic E-state index is 0.213. The van der Waals surface area contributed by atoms with Gasteiger partial charge in [0.2, 0.25) is 0 Å². The Morgan fingerprint density at radius 1 is 1.50 bits per heavy atom. The van der Waals surface area contributed by atoms with Crippen LogP contribution >= 0.6 is 11.8 Å². The Labute approximate surface area is 102 Å². The van der Waals surface area contributed by atoms with Gasteiger partial charge in [-0.3, -0.25) is 0 Å². The standard InChI is InChI=1S/C13H21NOS/c1-2-16-8-4-7-14-9-11-5-3-6-13(15)12(11)10-14/h9-10,13,15H,2-8H2,1H3. The molecule has 2 rings (SSSR count). The first kappa shape index (κ1) is 12.1. The lowest BCUT2D eigenvalue weighted by Crippen LogP contribution is -2.05. The van der Waals surface area contributed by atoms with Crippen LogP contribution in [0.3, 0.4) is 0 Å². The van der Waals surface area contributed by atoms with Crippen molar-refractivity contribution in [3.63, 3.8) is 0 Å². The lowest BCUT2D eigenvalue weighted by Gasteiger charge is -2.16. The summed E-state index contributed by atoms with van der Waals surface area (Å²) >= 11 is 2.00. The molecule has 1 atom stereocenters. The molecular weight excluding hydrogens is 218 g/mol. The van der Waals surface area contributed by atoms with E-state index in [1.807, 2.05) is 11.8 Å². The minimum Gasteiger partial charge on any atom is -0.388 e. The summed E-state index contributed by atoms with van der Waals surface area (Å²) in [6, 6.07) is 0. The summed E-state index contributed by atoms with van der Waals surface area (Å²) in [5, 5.41) is 9.87. The molecule has 0 radical (unpaired) electrons. The van der Waals surface area contributed by atoms with Crippen LogP contribution in [0.25, 0.3) is 0 Å². The normalized spacial score (nSPS) is 19.8. The molecule has 1 aliphatic carbocycles. The van der Waals surface area contributed by atoms with Gasteiger partial charge in [-0.2, -0.15) is 11.8 Å². The van der Waals surface area contributed by atoms with Gasteiger partial charge in [-0.1, -0.05) is 6.92 Å². The third-order valence-electron chi connectivity index (χ3n) is 3.19. The van der Waals surface area contributed by atoms with Crippen molar-refractivity contribution in [2.24, 2.45) is 0 Å². The van der Waals surface area contributed by atoms with E-state index in [0.717, 1.165) is 25.8 Å². The molecule has 1 N–H and O–H groups in total. The van der Waals surface area contributed by atoms with Gasteiger partial charge in [-0.25, -0.2) is 0 Å². The highest BCUT2D eigenvalue weighted by Crippen LogP contribution is 2.30. The van der Waals surface area contributed by atoms with Crippen molar-refractivity contribution in [3.05, 3.63) is 23.5 Å². The number of aliphatic hydroxyl groups is 1. The van der Waals surface area contributed by atoms with E-state index in [4.69, 9.17) is 0 Å². The monoisotopic (exact) mass is 239 g/mol. The zero-order chi connectivity index (χ0) is 11.4. The fourth-order valence-corrected chi connectivity index (χ4v) is 2.97. The number of rotatable bonds is 5. The van der Waals surface area contributed by atoms with Crippen molar-refractivity contribution < 1.29 is 5.11 Å². The third kappa shape index (κ3) is 2.83. The van der Waals surface area contributed by atoms with Gasteiger partial charge in [-0.15, -0.1) is 0 Å². The Bertz CT molecular complexity index is 335. The predicted octanol–water partition coefficient (Wildman–Crippen LogP) is 3.00. The van der Waals surface area contributed by atoms with E-state index < -0.39 is 0 Å². The topological polar surface area (TPSA) is 25.2 Å². The quantitative estimate of drug-likeness (QED) is 0.799. The van der Waals surface area contributed by atoms with Gasteiger partial charge < -0.3 is 9.67 Å². The molecule has 3 heteroatoms. The Hall–Kier alpha value is -0.410. The van der Waals surface area contributed by atoms with E-state index in [1.165, 1.54) is 29.1 Å². The minimum atomic E-state index is -0.213. The molecule has 1 unspecified atom stereocenters. The molecule has 16 heavy (non-hydrogen) atoms. The summed E-state index contributed by atoms with van der Waals surface area (Å²) in [5.74, 6) is 2.45. The van der Waals surface area contributed by atoms with Crippen molar-refractivity contribution in [2.45, 2.75) is 45.3 Å². The maximum absolute atomic E-state index is 9.87. The van der Waals surface area contributed by atoms with E-state index in [-0.39, 0.29) is 6.10 Å². The Morgan fingerprint density at radius 2 is 2.38 bits per heavy atom. The Kier molecular flexibility index (Phi) is 4.36. The van der Waals surface area contributed by atoms with E-state index in [1.54, 1.807) is 0 Å². The van der Waals surface area contributed by atoms with E-state index >= 15 is 0 Å². The number of thioether (sulfide) groups is 1. The number of hydrogen-bond donors (Lipinski definition) is 1. The first-order valence-electron chi connectivity index (χ1n) is 6.25. The molecule has 0 fully saturated rings. The molecule has 0 saturated heterocycles. The van der Waals surface area contributed by atoms with Crippen LogP contribution in [-0.4, -0.2) is 21.2 Å². The van der Waals surface area contributed by atoms with Crippen molar-refractivity contribution in [1.82, 2.24) is 4.57 Å². The van der Waals surface area contributed by atoms with Gasteiger partial charge in [0.1, 0.15) is 0 Å². The Morgan fingerprint density at radius 3 is 3.12 bits per heavy atom. The number of aliphatic hydroxyl groups excluding tert-OH is 1. The fourth-order valence-electron chi connectivity index (χ4n) is 2.35. The summed E-state index contributed by atoms with van der Waals surface area (Å²) in [6.45, 7) is 3.29. The molecule has 1 aliphatic rings. The third-order valence-corrected chi connectivity index (χ3v) is 4.17. The van der Waals surface area contributed by atoms with E-state index in [2.05, 4.69) is 23.9 Å². The molecule has 0 saturated carbocycles. The van der Waals surface area contributed by atoms with Gasteiger partial charge in [0, 0.05) is 24.5 Å². The lowest BCUT2D eigenvalue weighted by molar-refractivity contribution is 0.157. The highest BCUT2D eigenvalue weighted by atomic mass is 32.2. The predicted molar refractivity (Wildman–Crippen MR) is 69.9 cm³/mol. The van der Waals surface area contributed by atoms with Crippen LogP contribution in [0.4, 0.5) is 0 Å². The van der Waals surface area contributed by atoms with Crippen LogP contribution in [0.1, 0.15) is 43.4 Å². The molecule has 0 bridgehead atoms. The second-order valence-electron chi connectivity index (χ2n) is 4.44. The van der Waals surface area contributed by atoms with Crippen molar-refractivity contribution in [3.8, 4) is 0 Å². The largest absolute Gasteiger partial charge is 0.388 e. The summed E-state index contributed by atoms with van der Waals surface area (Å²) in [5.41, 5.74) is 2.54. The smallest absolute Gasteiger partial charge is 0.0807 e. The van der Waals surface area contributed by atoms with Crippen LogP contribution in [0.2, 0.25) is 0 Å². The second-order valence-corrected chi connectivity index (χ2v) is 5.83. The van der Waals surface area contributed by atoms with Gasteiger partial charge in [-0.05, 0) is 42.8 Å². The SMILES string of the molecule is CCSCCCn1cc2c(c1)C(O)CCC2. The molecule has 90 valence electrons. The summed E-state index contributed by atoms with van der Waals surface area (Å²) in [7, 11) is 0. The highest BCUT2D eigenvalue weighted by Gasteiger charge is 2.19. The molecule has 1 aromatic heterocycles. The average molecular weight is 239 g/mol. The van der Waals surface area contributed by atoms with Crippen LogP contribution < -0.4 is 0 Å². The number of fused-ring (bicyclic) bond motifs is 1. The molecule has 0 amide bonds. The molecular formula is C13H21NOS.